The van der Waals surface area contributed by atoms with E-state index >= 15 is 0 Å². The first-order valence-corrected chi connectivity index (χ1v) is 9.79. The molecule has 1 aromatic rings. The van der Waals surface area contributed by atoms with Gasteiger partial charge in [-0.3, -0.25) is 9.78 Å². The molecule has 3 heterocycles. The lowest BCUT2D eigenvalue weighted by Crippen LogP contribution is -2.42. The molecule has 0 bridgehead atoms. The van der Waals surface area contributed by atoms with E-state index in [9.17, 15) is 4.79 Å². The number of ether oxygens (including phenoxy) is 1. The van der Waals surface area contributed by atoms with Crippen LogP contribution in [0, 0.1) is 0 Å². The molecule has 0 aromatic carbocycles. The Kier molecular flexibility index (Phi) is 6.50. The minimum Gasteiger partial charge on any atom is -0.375 e. The third-order valence-electron chi connectivity index (χ3n) is 5.11. The Morgan fingerprint density at radius 1 is 1.48 bits per heavy atom. The van der Waals surface area contributed by atoms with Crippen molar-refractivity contribution >= 4 is 11.8 Å². The van der Waals surface area contributed by atoms with Crippen molar-refractivity contribution in [1.82, 2.24) is 9.97 Å². The summed E-state index contributed by atoms with van der Waals surface area (Å²) in [6.07, 6.45) is 11.3. The molecule has 2 aliphatic heterocycles. The summed E-state index contributed by atoms with van der Waals surface area (Å²) in [5.74, 6) is 1.42. The fraction of sp³-hybridized carbons (Fsp3) is 0.524. The van der Waals surface area contributed by atoms with E-state index in [1.165, 1.54) is 5.57 Å². The molecule has 27 heavy (non-hydrogen) atoms. The zero-order valence-corrected chi connectivity index (χ0v) is 16.4. The van der Waals surface area contributed by atoms with Crippen LogP contribution in [0.2, 0.25) is 0 Å². The molecule has 6 nitrogen and oxygen atoms in total. The Morgan fingerprint density at radius 2 is 2.33 bits per heavy atom. The fourth-order valence-corrected chi connectivity index (χ4v) is 3.91. The van der Waals surface area contributed by atoms with Crippen LogP contribution < -0.4 is 15.4 Å². The van der Waals surface area contributed by atoms with Crippen LogP contribution in [0.4, 0.5) is 11.8 Å². The van der Waals surface area contributed by atoms with Crippen LogP contribution >= 0.6 is 0 Å². The third kappa shape index (κ3) is 4.89. The van der Waals surface area contributed by atoms with Crippen LogP contribution in [0.3, 0.4) is 0 Å². The van der Waals surface area contributed by atoms with Gasteiger partial charge in [0.25, 0.3) is 5.56 Å². The second-order valence-electron chi connectivity index (χ2n) is 7.23. The molecule has 1 aromatic heterocycles. The lowest BCUT2D eigenvalue weighted by Gasteiger charge is -2.33. The molecular formula is C21H30N4O2. The summed E-state index contributed by atoms with van der Waals surface area (Å²) in [5, 5.41) is 0. The number of allylic oxidation sites excluding steroid dienone is 4. The number of hydrogen-bond donors (Lipinski definition) is 1. The van der Waals surface area contributed by atoms with Gasteiger partial charge in [0.05, 0.1) is 12.7 Å². The number of nitrogens with zero attached hydrogens (tertiary/aromatic N) is 3. The largest absolute Gasteiger partial charge is 0.375 e. The van der Waals surface area contributed by atoms with Crippen molar-refractivity contribution in [2.45, 2.75) is 45.3 Å². The van der Waals surface area contributed by atoms with E-state index in [2.05, 4.69) is 39.6 Å². The Morgan fingerprint density at radius 3 is 3.07 bits per heavy atom. The second kappa shape index (κ2) is 9.04. The third-order valence-corrected chi connectivity index (χ3v) is 5.11. The van der Waals surface area contributed by atoms with Gasteiger partial charge in [0.2, 0.25) is 5.95 Å². The number of nitrogens with one attached hydrogen (secondary N) is 1. The van der Waals surface area contributed by atoms with Crippen LogP contribution in [-0.4, -0.2) is 48.4 Å². The van der Waals surface area contributed by atoms with Crippen molar-refractivity contribution in [1.29, 1.82) is 0 Å². The summed E-state index contributed by atoms with van der Waals surface area (Å²) in [6, 6.07) is 1.92. The summed E-state index contributed by atoms with van der Waals surface area (Å²) in [7, 11) is 0. The topological polar surface area (TPSA) is 61.5 Å². The number of anilines is 2. The average Bonchev–Trinajstić information content (AvgIpc) is 3.10. The van der Waals surface area contributed by atoms with Gasteiger partial charge in [-0.15, -0.1) is 0 Å². The van der Waals surface area contributed by atoms with Crippen molar-refractivity contribution in [2.75, 3.05) is 36.0 Å². The lowest BCUT2D eigenvalue weighted by atomic mass is 10.0. The molecule has 6 heteroatoms. The van der Waals surface area contributed by atoms with Crippen molar-refractivity contribution in [3.63, 3.8) is 0 Å². The number of morpholine rings is 1. The van der Waals surface area contributed by atoms with Crippen molar-refractivity contribution < 1.29 is 4.74 Å². The first-order valence-electron chi connectivity index (χ1n) is 9.79. The van der Waals surface area contributed by atoms with Crippen LogP contribution in [0.5, 0.6) is 0 Å². The van der Waals surface area contributed by atoms with Gasteiger partial charge in [0.1, 0.15) is 5.82 Å². The van der Waals surface area contributed by atoms with Gasteiger partial charge in [-0.25, -0.2) is 0 Å². The smallest absolute Gasteiger partial charge is 0.254 e. The van der Waals surface area contributed by atoms with Crippen LogP contribution in [0.15, 0.2) is 47.3 Å². The summed E-state index contributed by atoms with van der Waals surface area (Å²) < 4.78 is 5.61. The normalized spacial score (nSPS) is 24.0. The Hall–Kier alpha value is -2.34. The molecule has 0 radical (unpaired) electrons. The Balaban J connectivity index is 1.83. The molecule has 0 amide bonds. The molecular weight excluding hydrogens is 340 g/mol. The number of aromatic amines is 1. The fourth-order valence-electron chi connectivity index (χ4n) is 3.91. The van der Waals surface area contributed by atoms with Crippen molar-refractivity contribution in [3.05, 3.63) is 52.9 Å². The summed E-state index contributed by atoms with van der Waals surface area (Å²) in [4.78, 5) is 24.5. The summed E-state index contributed by atoms with van der Waals surface area (Å²) in [5.41, 5.74) is 1.14. The molecule has 0 saturated carbocycles. The van der Waals surface area contributed by atoms with E-state index in [-0.39, 0.29) is 11.7 Å². The monoisotopic (exact) mass is 370 g/mol. The Bertz CT molecular complexity index is 768. The van der Waals surface area contributed by atoms with Crippen LogP contribution in [-0.2, 0) is 4.74 Å². The predicted molar refractivity (Wildman–Crippen MR) is 111 cm³/mol. The van der Waals surface area contributed by atoms with E-state index in [1.807, 2.05) is 19.9 Å². The molecule has 3 rings (SSSR count). The quantitative estimate of drug-likeness (QED) is 0.780. The molecule has 2 atom stereocenters. The zero-order valence-electron chi connectivity index (χ0n) is 16.4. The van der Waals surface area contributed by atoms with Gasteiger partial charge < -0.3 is 14.5 Å². The van der Waals surface area contributed by atoms with Gasteiger partial charge in [-0.05, 0) is 38.7 Å². The standard InChI is InChI=1S/C21H30N4O2/c1-4-7-17(8-5-2)13-18-9-6-10-25(18)21-22-19(14-20(26)23-21)24-11-12-27-16(3)15-24/h4-5,7-8,14,16,18H,1,6,9-13,15H2,2-3H3,(H,22,23,26)/b8-5-,17-7+/t16-,18?/m1/s1. The van der Waals surface area contributed by atoms with Gasteiger partial charge in [0, 0.05) is 31.7 Å². The van der Waals surface area contributed by atoms with Gasteiger partial charge in [-0.1, -0.05) is 30.9 Å². The average molecular weight is 370 g/mol. The van der Waals surface area contributed by atoms with E-state index in [0.717, 1.165) is 44.7 Å². The van der Waals surface area contributed by atoms with E-state index < -0.39 is 0 Å². The predicted octanol–water partition coefficient (Wildman–Crippen LogP) is 3.04. The highest BCUT2D eigenvalue weighted by atomic mass is 16.5. The first-order chi connectivity index (χ1) is 13.1. The molecule has 0 aliphatic carbocycles. The number of aromatic nitrogens is 2. The van der Waals surface area contributed by atoms with Crippen molar-refractivity contribution in [2.24, 2.45) is 0 Å². The maximum atomic E-state index is 12.3. The zero-order chi connectivity index (χ0) is 19.2. The lowest BCUT2D eigenvalue weighted by molar-refractivity contribution is 0.0529. The minimum absolute atomic E-state index is 0.102. The first kappa shape index (κ1) is 19.4. The summed E-state index contributed by atoms with van der Waals surface area (Å²) in [6.45, 7) is 11.0. The van der Waals surface area contributed by atoms with Gasteiger partial charge in [0.15, 0.2) is 0 Å². The van der Waals surface area contributed by atoms with E-state index in [4.69, 9.17) is 9.72 Å². The highest BCUT2D eigenvalue weighted by Gasteiger charge is 2.28. The SMILES string of the molecule is C=C/C=C(\C=C/C)CC1CCCN1c1nc(N2CCO[C@H](C)C2)cc(=O)[nH]1. The molecule has 0 spiro atoms. The molecule has 146 valence electrons. The van der Waals surface area contributed by atoms with E-state index in [0.29, 0.717) is 18.6 Å². The van der Waals surface area contributed by atoms with Gasteiger partial charge >= 0.3 is 0 Å². The Labute approximate surface area is 161 Å². The number of H-pyrrole nitrogens is 1. The van der Waals surface area contributed by atoms with E-state index in [1.54, 1.807) is 6.07 Å². The minimum atomic E-state index is -0.102. The maximum absolute atomic E-state index is 12.3. The highest BCUT2D eigenvalue weighted by molar-refractivity contribution is 5.45. The summed E-state index contributed by atoms with van der Waals surface area (Å²) >= 11 is 0. The van der Waals surface area contributed by atoms with Crippen molar-refractivity contribution in [3.8, 4) is 0 Å². The van der Waals surface area contributed by atoms with Crippen LogP contribution in [0.1, 0.15) is 33.1 Å². The van der Waals surface area contributed by atoms with Gasteiger partial charge in [-0.2, -0.15) is 4.98 Å². The number of rotatable bonds is 6. The van der Waals surface area contributed by atoms with Crippen LogP contribution in [0.25, 0.3) is 0 Å². The maximum Gasteiger partial charge on any atom is 0.254 e. The number of hydrogen-bond acceptors (Lipinski definition) is 5. The highest BCUT2D eigenvalue weighted by Crippen LogP contribution is 2.28. The second-order valence-corrected chi connectivity index (χ2v) is 7.23. The molecule has 2 aliphatic rings. The molecule has 1 N–H and O–H groups in total. The molecule has 2 saturated heterocycles. The molecule has 2 fully saturated rings. The molecule has 1 unspecified atom stereocenters.